The molecule has 0 atom stereocenters. The lowest BCUT2D eigenvalue weighted by molar-refractivity contribution is 0.0499. The number of aromatic amines is 1. The summed E-state index contributed by atoms with van der Waals surface area (Å²) in [6, 6.07) is 8.73. The molecule has 0 saturated carbocycles. The molecule has 0 spiro atoms. The number of esters is 1. The highest BCUT2D eigenvalue weighted by Gasteiger charge is 2.18. The van der Waals surface area contributed by atoms with E-state index in [9.17, 15) is 9.59 Å². The predicted octanol–water partition coefficient (Wildman–Crippen LogP) is 4.03. The van der Waals surface area contributed by atoms with Gasteiger partial charge < -0.3 is 14.5 Å². The van der Waals surface area contributed by atoms with Gasteiger partial charge in [-0.15, -0.1) is 0 Å². The van der Waals surface area contributed by atoms with Gasteiger partial charge in [0.25, 0.3) is 0 Å². The number of carbonyl (C=O) groups excluding carboxylic acids is 2. The number of nitrogens with one attached hydrogen (secondary N) is 1. The molecule has 6 nitrogen and oxygen atoms in total. The molecule has 2 aromatic heterocycles. The number of methoxy groups -OCH3 is 1. The molecule has 27 heavy (non-hydrogen) atoms. The molecule has 0 aliphatic heterocycles. The van der Waals surface area contributed by atoms with Crippen LogP contribution in [0, 0.1) is 0 Å². The van der Waals surface area contributed by atoms with Crippen LogP contribution in [0.1, 0.15) is 39.8 Å². The summed E-state index contributed by atoms with van der Waals surface area (Å²) in [7, 11) is 1.58. The normalized spacial score (nSPS) is 11.0. The quantitative estimate of drug-likeness (QED) is 0.389. The molecule has 0 aliphatic carbocycles. The Labute approximate surface area is 156 Å². The first-order valence-electron chi connectivity index (χ1n) is 8.63. The first-order chi connectivity index (χ1) is 13.1. The Hall–Kier alpha value is -3.41. The van der Waals surface area contributed by atoms with Gasteiger partial charge in [-0.2, -0.15) is 0 Å². The Morgan fingerprint density at radius 2 is 1.96 bits per heavy atom. The van der Waals surface area contributed by atoms with Gasteiger partial charge in [0, 0.05) is 34.4 Å². The van der Waals surface area contributed by atoms with Gasteiger partial charge in [-0.25, -0.2) is 4.79 Å². The van der Waals surface area contributed by atoms with Crippen molar-refractivity contribution in [3.63, 3.8) is 0 Å². The van der Waals surface area contributed by atoms with Gasteiger partial charge in [-0.1, -0.05) is 6.92 Å². The number of H-pyrrole nitrogens is 1. The smallest absolute Gasteiger partial charge is 0.355 e. The lowest BCUT2D eigenvalue weighted by Gasteiger charge is -2.03. The fraction of sp³-hybridized carbons (Fsp3) is 0.190. The summed E-state index contributed by atoms with van der Waals surface area (Å²) in [4.78, 5) is 31.8. The van der Waals surface area contributed by atoms with Gasteiger partial charge in [0.1, 0.15) is 11.4 Å². The second-order valence-electron chi connectivity index (χ2n) is 5.89. The summed E-state index contributed by atoms with van der Waals surface area (Å²) in [5, 5.41) is 0.775. The molecule has 0 unspecified atom stereocenters. The SMILES string of the molecule is CCCOC(=O)c1[nH]c2ccc(OC)cc2c1/C=C/C(=O)c1ccncc1. The van der Waals surface area contributed by atoms with E-state index in [4.69, 9.17) is 9.47 Å². The summed E-state index contributed by atoms with van der Waals surface area (Å²) >= 11 is 0. The van der Waals surface area contributed by atoms with E-state index in [0.29, 0.717) is 29.2 Å². The number of ketones is 1. The lowest BCUT2D eigenvalue weighted by atomic mass is 10.1. The number of allylic oxidation sites excluding steroid dienone is 1. The average Bonchev–Trinajstić information content (AvgIpc) is 3.08. The predicted molar refractivity (Wildman–Crippen MR) is 103 cm³/mol. The summed E-state index contributed by atoms with van der Waals surface area (Å²) in [5.74, 6) is 0.0237. The molecule has 0 fully saturated rings. The van der Waals surface area contributed by atoms with Crippen LogP contribution in [0.3, 0.4) is 0 Å². The van der Waals surface area contributed by atoms with Crippen molar-refractivity contribution in [2.45, 2.75) is 13.3 Å². The zero-order valence-electron chi connectivity index (χ0n) is 15.2. The van der Waals surface area contributed by atoms with E-state index in [-0.39, 0.29) is 5.78 Å². The first kappa shape index (κ1) is 18.4. The van der Waals surface area contributed by atoms with Gasteiger partial charge in [-0.3, -0.25) is 9.78 Å². The molecule has 0 bridgehead atoms. The number of hydrogen-bond donors (Lipinski definition) is 1. The molecule has 1 aromatic carbocycles. The van der Waals surface area contributed by atoms with Crippen LogP contribution >= 0.6 is 0 Å². The summed E-state index contributed by atoms with van der Waals surface area (Å²) in [5.41, 5.74) is 2.18. The Morgan fingerprint density at radius 1 is 1.19 bits per heavy atom. The Bertz CT molecular complexity index is 990. The maximum absolute atomic E-state index is 12.5. The molecule has 6 heteroatoms. The van der Waals surface area contributed by atoms with E-state index in [0.717, 1.165) is 17.3 Å². The highest BCUT2D eigenvalue weighted by molar-refractivity contribution is 6.10. The zero-order valence-corrected chi connectivity index (χ0v) is 15.2. The number of nitrogens with zero attached hydrogens (tertiary/aromatic N) is 1. The van der Waals surface area contributed by atoms with E-state index < -0.39 is 5.97 Å². The molecule has 0 saturated heterocycles. The van der Waals surface area contributed by atoms with Crippen molar-refractivity contribution >= 4 is 28.7 Å². The van der Waals surface area contributed by atoms with E-state index in [1.807, 2.05) is 19.1 Å². The van der Waals surface area contributed by atoms with Crippen LogP contribution in [-0.2, 0) is 4.74 Å². The highest BCUT2D eigenvalue weighted by Crippen LogP contribution is 2.28. The fourth-order valence-electron chi connectivity index (χ4n) is 2.69. The third kappa shape index (κ3) is 4.06. The number of benzene rings is 1. The van der Waals surface area contributed by atoms with Gasteiger partial charge >= 0.3 is 5.97 Å². The van der Waals surface area contributed by atoms with Crippen molar-refractivity contribution in [1.29, 1.82) is 0 Å². The number of fused-ring (bicyclic) bond motifs is 1. The number of pyridine rings is 1. The number of aromatic nitrogens is 2. The number of hydrogen-bond acceptors (Lipinski definition) is 5. The number of rotatable bonds is 7. The van der Waals surface area contributed by atoms with Gasteiger partial charge in [0.2, 0.25) is 0 Å². The summed E-state index contributed by atoms with van der Waals surface area (Å²) < 4.78 is 10.5. The minimum Gasteiger partial charge on any atom is -0.497 e. The summed E-state index contributed by atoms with van der Waals surface area (Å²) in [6.07, 6.45) is 6.92. The molecule has 0 aliphatic rings. The minimum atomic E-state index is -0.456. The van der Waals surface area contributed by atoms with Crippen LogP contribution < -0.4 is 4.74 Å². The largest absolute Gasteiger partial charge is 0.497 e. The third-order valence-corrected chi connectivity index (χ3v) is 4.05. The Morgan fingerprint density at radius 3 is 2.67 bits per heavy atom. The van der Waals surface area contributed by atoms with E-state index in [2.05, 4.69) is 9.97 Å². The van der Waals surface area contributed by atoms with Crippen molar-refractivity contribution in [1.82, 2.24) is 9.97 Å². The molecule has 1 N–H and O–H groups in total. The summed E-state index contributed by atoms with van der Waals surface area (Å²) in [6.45, 7) is 2.26. The molecule has 0 amide bonds. The first-order valence-corrected chi connectivity index (χ1v) is 8.63. The second-order valence-corrected chi connectivity index (χ2v) is 5.89. The lowest BCUT2D eigenvalue weighted by Crippen LogP contribution is -2.07. The average molecular weight is 364 g/mol. The van der Waals surface area contributed by atoms with Crippen LogP contribution in [0.25, 0.3) is 17.0 Å². The van der Waals surface area contributed by atoms with Gasteiger partial charge in [-0.05, 0) is 48.9 Å². The van der Waals surface area contributed by atoms with Crippen LogP contribution in [-0.4, -0.2) is 35.4 Å². The number of ether oxygens (including phenoxy) is 2. The maximum atomic E-state index is 12.5. The molecular formula is C21H20N2O4. The topological polar surface area (TPSA) is 81.3 Å². The fourth-order valence-corrected chi connectivity index (χ4v) is 2.69. The van der Waals surface area contributed by atoms with Gasteiger partial charge in [0.15, 0.2) is 5.78 Å². The number of carbonyl (C=O) groups is 2. The second kappa shape index (κ2) is 8.31. The van der Waals surface area contributed by atoms with Crippen LogP contribution in [0.5, 0.6) is 5.75 Å². The standard InChI is InChI=1S/C21H20N2O4/c1-3-12-27-21(25)20-16(5-7-19(24)14-8-10-22-11-9-14)17-13-15(26-2)4-6-18(17)23-20/h4-11,13,23H,3,12H2,1-2H3/b7-5+. The Balaban J connectivity index is 2.03. The monoisotopic (exact) mass is 364 g/mol. The van der Waals surface area contributed by atoms with Crippen LogP contribution in [0.4, 0.5) is 0 Å². The molecule has 3 rings (SSSR count). The van der Waals surface area contributed by atoms with Crippen molar-refractivity contribution < 1.29 is 19.1 Å². The van der Waals surface area contributed by atoms with Crippen molar-refractivity contribution in [2.24, 2.45) is 0 Å². The van der Waals surface area contributed by atoms with Crippen LogP contribution in [0.2, 0.25) is 0 Å². The molecule has 0 radical (unpaired) electrons. The third-order valence-electron chi connectivity index (χ3n) is 4.05. The molecule has 2 heterocycles. The van der Waals surface area contributed by atoms with Gasteiger partial charge in [0.05, 0.1) is 13.7 Å². The van der Waals surface area contributed by atoms with E-state index in [1.165, 1.54) is 6.08 Å². The molecule has 3 aromatic rings. The van der Waals surface area contributed by atoms with Crippen LogP contribution in [0.15, 0.2) is 48.8 Å². The molecular weight excluding hydrogens is 344 g/mol. The van der Waals surface area contributed by atoms with E-state index in [1.54, 1.807) is 43.8 Å². The Kier molecular flexibility index (Phi) is 5.66. The maximum Gasteiger partial charge on any atom is 0.355 e. The molecule has 138 valence electrons. The highest BCUT2D eigenvalue weighted by atomic mass is 16.5. The van der Waals surface area contributed by atoms with Crippen molar-refractivity contribution in [3.8, 4) is 5.75 Å². The zero-order chi connectivity index (χ0) is 19.2. The van der Waals surface area contributed by atoms with Crippen molar-refractivity contribution in [2.75, 3.05) is 13.7 Å². The van der Waals surface area contributed by atoms with Crippen molar-refractivity contribution in [3.05, 3.63) is 65.6 Å². The minimum absolute atomic E-state index is 0.178. The van der Waals surface area contributed by atoms with E-state index >= 15 is 0 Å².